The maximum Gasteiger partial charge on any atom is 0.251 e. The molecular weight excluding hydrogens is 566 g/mol. The molecule has 4 amide bonds. The second-order valence-electron chi connectivity index (χ2n) is 12.5. The van der Waals surface area contributed by atoms with Crippen molar-refractivity contribution >= 4 is 29.9 Å². The van der Waals surface area contributed by atoms with Gasteiger partial charge in [0.25, 0.3) is 5.91 Å². The Balaban J connectivity index is 2.16. The van der Waals surface area contributed by atoms with Crippen molar-refractivity contribution in [2.45, 2.75) is 92.0 Å². The second-order valence-corrected chi connectivity index (χ2v) is 12.5. The molecule has 12 nitrogen and oxygen atoms in total. The zero-order chi connectivity index (χ0) is 33.0. The highest BCUT2D eigenvalue weighted by Crippen LogP contribution is 2.21. The zero-order valence-electron chi connectivity index (χ0n) is 27.1. The van der Waals surface area contributed by atoms with Gasteiger partial charge in [0.2, 0.25) is 17.7 Å². The minimum absolute atomic E-state index is 0.0734. The highest BCUT2D eigenvalue weighted by molar-refractivity contribution is 5.99. The number of amides is 4. The van der Waals surface area contributed by atoms with Gasteiger partial charge in [-0.3, -0.25) is 24.1 Å². The molecule has 0 aromatic heterocycles. The van der Waals surface area contributed by atoms with Crippen LogP contribution in [0.3, 0.4) is 0 Å². The highest BCUT2D eigenvalue weighted by Gasteiger charge is 2.33. The zero-order valence-corrected chi connectivity index (χ0v) is 27.1. The number of morpholine rings is 1. The van der Waals surface area contributed by atoms with E-state index in [9.17, 15) is 29.1 Å². The van der Waals surface area contributed by atoms with Crippen LogP contribution in [-0.4, -0.2) is 90.4 Å². The van der Waals surface area contributed by atoms with Gasteiger partial charge >= 0.3 is 0 Å². The van der Waals surface area contributed by atoms with Crippen LogP contribution in [0.4, 0.5) is 0 Å². The Labute approximate surface area is 261 Å². The lowest BCUT2D eigenvalue weighted by atomic mass is 9.97. The molecule has 1 aliphatic heterocycles. The normalized spacial score (nSPS) is 16.6. The van der Waals surface area contributed by atoms with E-state index in [0.717, 1.165) is 13.1 Å². The van der Waals surface area contributed by atoms with Crippen LogP contribution in [0, 0.1) is 17.8 Å². The van der Waals surface area contributed by atoms with E-state index in [0.29, 0.717) is 50.0 Å². The molecule has 1 heterocycles. The summed E-state index contributed by atoms with van der Waals surface area (Å²) in [7, 11) is 0. The van der Waals surface area contributed by atoms with Crippen molar-refractivity contribution in [1.82, 2.24) is 26.2 Å². The summed E-state index contributed by atoms with van der Waals surface area (Å²) in [5.74, 6) is -2.50. The predicted octanol–water partition coefficient (Wildman–Crippen LogP) is 1.74. The lowest BCUT2D eigenvalue weighted by molar-refractivity contribution is -0.134. The number of ether oxygens (including phenoxy) is 1. The van der Waals surface area contributed by atoms with E-state index in [1.165, 1.54) is 12.1 Å². The van der Waals surface area contributed by atoms with Crippen LogP contribution in [0.2, 0.25) is 0 Å². The highest BCUT2D eigenvalue weighted by atomic mass is 16.5. The van der Waals surface area contributed by atoms with Gasteiger partial charge in [-0.1, -0.05) is 48.5 Å². The molecule has 0 unspecified atom stereocenters. The number of carbonyl (C=O) groups is 5. The number of phenols is 1. The summed E-state index contributed by atoms with van der Waals surface area (Å²) in [4.78, 5) is 66.5. The first-order valence-electron chi connectivity index (χ1n) is 15.6. The van der Waals surface area contributed by atoms with Gasteiger partial charge < -0.3 is 35.9 Å². The number of carbonyl (C=O) groups excluding carboxylic acids is 5. The van der Waals surface area contributed by atoms with Gasteiger partial charge in [-0.25, -0.2) is 0 Å². The minimum atomic E-state index is -0.982. The molecule has 0 saturated carbocycles. The van der Waals surface area contributed by atoms with Crippen LogP contribution < -0.4 is 21.3 Å². The summed E-state index contributed by atoms with van der Waals surface area (Å²) in [5.41, 5.74) is 0.894. The number of aromatic hydroxyl groups is 1. The Bertz CT molecular complexity index is 1130. The topological polar surface area (TPSA) is 166 Å². The van der Waals surface area contributed by atoms with Gasteiger partial charge in [0.05, 0.1) is 19.3 Å². The van der Waals surface area contributed by atoms with E-state index in [1.807, 2.05) is 13.8 Å². The number of aldehydes is 1. The Morgan fingerprint density at radius 1 is 0.886 bits per heavy atom. The molecule has 1 aliphatic rings. The van der Waals surface area contributed by atoms with Crippen molar-refractivity contribution in [3.05, 3.63) is 29.3 Å². The molecule has 1 fully saturated rings. The quantitative estimate of drug-likeness (QED) is 0.175. The van der Waals surface area contributed by atoms with Crippen LogP contribution in [0.5, 0.6) is 5.75 Å². The van der Waals surface area contributed by atoms with E-state index in [-0.39, 0.29) is 23.5 Å². The lowest BCUT2D eigenvalue weighted by Gasteiger charge is -2.29. The Morgan fingerprint density at radius 3 is 2.02 bits per heavy atom. The number of nitrogens with zero attached hydrogens (tertiary/aromatic N) is 1. The smallest absolute Gasteiger partial charge is 0.251 e. The van der Waals surface area contributed by atoms with Crippen LogP contribution in [-0.2, 0) is 30.5 Å². The van der Waals surface area contributed by atoms with Crippen LogP contribution in [0.1, 0.15) is 77.2 Å². The van der Waals surface area contributed by atoms with Crippen LogP contribution in [0.15, 0.2) is 18.2 Å². The van der Waals surface area contributed by atoms with Crippen LogP contribution >= 0.6 is 0 Å². The minimum Gasteiger partial charge on any atom is -0.508 e. The molecular formula is C32H51N5O7. The van der Waals surface area contributed by atoms with E-state index in [4.69, 9.17) is 4.74 Å². The average molecular weight is 618 g/mol. The fraction of sp³-hybridized carbons (Fsp3) is 0.656. The lowest BCUT2D eigenvalue weighted by Crippen LogP contribution is -2.59. The van der Waals surface area contributed by atoms with Crippen molar-refractivity contribution in [1.29, 1.82) is 0 Å². The monoisotopic (exact) mass is 617 g/mol. The Morgan fingerprint density at radius 2 is 1.48 bits per heavy atom. The number of phenolic OH excluding ortho intramolecular Hbond substituents is 1. The summed E-state index contributed by atoms with van der Waals surface area (Å²) in [5, 5.41) is 21.4. The molecule has 0 bridgehead atoms. The number of rotatable bonds is 16. The van der Waals surface area contributed by atoms with Gasteiger partial charge in [-0.05, 0) is 48.8 Å². The number of nitrogens with one attached hydrogen (secondary N) is 4. The molecule has 5 N–H and O–H groups in total. The second kappa shape index (κ2) is 17.7. The standard InChI is InChI=1S/C32H51N5O7/c1-8-24(18-38)33-30(41)25(15-19(2)3)34-31(42)27(20(4)5)36-32(43)28(21(6)7)35-29(40)22-9-10-26(39)23(16-22)17-37-11-13-44-14-12-37/h9-10,16,18-21,24-25,27-28,39H,8,11-15,17H2,1-7H3,(H,33,41)(H,34,42)(H,35,40)(H,36,43)/t24-,25-,27+,28+/m1/s1. The molecule has 1 saturated heterocycles. The average Bonchev–Trinajstić information content (AvgIpc) is 2.97. The van der Waals surface area contributed by atoms with Crippen molar-refractivity contribution in [2.75, 3.05) is 26.3 Å². The maximum absolute atomic E-state index is 13.5. The molecule has 0 aliphatic carbocycles. The first-order chi connectivity index (χ1) is 20.8. The molecule has 12 heteroatoms. The first-order valence-corrected chi connectivity index (χ1v) is 15.6. The molecule has 0 radical (unpaired) electrons. The molecule has 246 valence electrons. The number of hydrogen-bond donors (Lipinski definition) is 5. The van der Waals surface area contributed by atoms with E-state index in [1.54, 1.807) is 40.7 Å². The number of hydrogen-bond acceptors (Lipinski definition) is 8. The predicted molar refractivity (Wildman–Crippen MR) is 167 cm³/mol. The summed E-state index contributed by atoms with van der Waals surface area (Å²) >= 11 is 0. The van der Waals surface area contributed by atoms with Gasteiger partial charge in [-0.2, -0.15) is 0 Å². The van der Waals surface area contributed by atoms with Crippen LogP contribution in [0.25, 0.3) is 0 Å². The van der Waals surface area contributed by atoms with E-state index < -0.39 is 47.8 Å². The van der Waals surface area contributed by atoms with Crippen molar-refractivity contribution in [3.8, 4) is 5.75 Å². The summed E-state index contributed by atoms with van der Waals surface area (Å²) in [6, 6.07) is 1.10. The van der Waals surface area contributed by atoms with E-state index >= 15 is 0 Å². The first kappa shape index (κ1) is 36.7. The van der Waals surface area contributed by atoms with Crippen molar-refractivity contribution in [3.63, 3.8) is 0 Å². The summed E-state index contributed by atoms with van der Waals surface area (Å²) < 4.78 is 5.38. The van der Waals surface area contributed by atoms with E-state index in [2.05, 4.69) is 26.2 Å². The molecule has 4 atom stereocenters. The third kappa shape index (κ3) is 11.2. The largest absolute Gasteiger partial charge is 0.508 e. The van der Waals surface area contributed by atoms with Gasteiger partial charge in [0.15, 0.2) is 0 Å². The fourth-order valence-electron chi connectivity index (χ4n) is 4.87. The van der Waals surface area contributed by atoms with Crippen molar-refractivity contribution < 1.29 is 33.8 Å². The molecule has 44 heavy (non-hydrogen) atoms. The third-order valence-electron chi connectivity index (χ3n) is 7.59. The third-order valence-corrected chi connectivity index (χ3v) is 7.59. The molecule has 2 rings (SSSR count). The van der Waals surface area contributed by atoms with Gasteiger partial charge in [0, 0.05) is 30.8 Å². The van der Waals surface area contributed by atoms with Crippen molar-refractivity contribution in [2.24, 2.45) is 17.8 Å². The maximum atomic E-state index is 13.5. The molecule has 0 spiro atoms. The molecule has 1 aromatic rings. The summed E-state index contributed by atoms with van der Waals surface area (Å²) in [6.07, 6.45) is 1.42. The molecule has 1 aromatic carbocycles. The Hall–Kier alpha value is -3.51. The van der Waals surface area contributed by atoms with Gasteiger partial charge in [-0.15, -0.1) is 0 Å². The van der Waals surface area contributed by atoms with Gasteiger partial charge in [0.1, 0.15) is 30.2 Å². The SMILES string of the molecule is CC[C@H](C=O)NC(=O)[C@@H](CC(C)C)NC(=O)[C@@H](NC(=O)[C@@H](NC(=O)c1ccc(O)c(CN2CCOCC2)c1)C(C)C)C(C)C. The number of benzene rings is 1. The summed E-state index contributed by atoms with van der Waals surface area (Å²) in [6.45, 7) is 15.8. The Kier molecular flexibility index (Phi) is 14.8. The fourth-order valence-corrected chi connectivity index (χ4v) is 4.87.